The lowest BCUT2D eigenvalue weighted by molar-refractivity contribution is -0.143. The number of nitrogens with zero attached hydrogens (tertiary/aromatic N) is 1. The maximum absolute atomic E-state index is 11.4. The highest BCUT2D eigenvalue weighted by Crippen LogP contribution is 2.38. The van der Waals surface area contributed by atoms with Crippen LogP contribution in [0.25, 0.3) is 0 Å². The van der Waals surface area contributed by atoms with Gasteiger partial charge in [0.05, 0.1) is 5.92 Å². The van der Waals surface area contributed by atoms with Crippen LogP contribution in [0.3, 0.4) is 0 Å². The van der Waals surface area contributed by atoms with Crippen LogP contribution in [0.15, 0.2) is 0 Å². The van der Waals surface area contributed by atoms with Crippen LogP contribution in [0.1, 0.15) is 25.7 Å². The molecule has 2 fully saturated rings. The van der Waals surface area contributed by atoms with Gasteiger partial charge in [-0.25, -0.2) is 0 Å². The molecule has 1 amide bonds. The molecule has 78 valence electrons. The standard InChI is InChI=1S/C10H15NO3/c1-11-8-3-2-6(10(13)14)4-7(8)5-9(11)12/h6-8H,2-5H2,1H3,(H,13,14). The largest absolute Gasteiger partial charge is 0.481 e. The van der Waals surface area contributed by atoms with Crippen molar-refractivity contribution in [2.45, 2.75) is 31.7 Å². The zero-order chi connectivity index (χ0) is 10.3. The minimum atomic E-state index is -0.703. The van der Waals surface area contributed by atoms with Crippen molar-refractivity contribution in [1.29, 1.82) is 0 Å². The molecule has 1 aliphatic carbocycles. The molecule has 4 nitrogen and oxygen atoms in total. The number of carbonyl (C=O) groups is 2. The van der Waals surface area contributed by atoms with E-state index in [1.807, 2.05) is 7.05 Å². The maximum Gasteiger partial charge on any atom is 0.306 e. The van der Waals surface area contributed by atoms with E-state index < -0.39 is 5.97 Å². The van der Waals surface area contributed by atoms with Crippen LogP contribution in [0.5, 0.6) is 0 Å². The van der Waals surface area contributed by atoms with Gasteiger partial charge in [-0.15, -0.1) is 0 Å². The lowest BCUT2D eigenvalue weighted by Gasteiger charge is -2.32. The average Bonchev–Trinajstić information content (AvgIpc) is 2.42. The van der Waals surface area contributed by atoms with Crippen LogP contribution in [0.4, 0.5) is 0 Å². The van der Waals surface area contributed by atoms with Crippen LogP contribution >= 0.6 is 0 Å². The van der Waals surface area contributed by atoms with Crippen molar-refractivity contribution in [2.24, 2.45) is 11.8 Å². The van der Waals surface area contributed by atoms with E-state index in [0.717, 1.165) is 6.42 Å². The molecule has 14 heavy (non-hydrogen) atoms. The van der Waals surface area contributed by atoms with Crippen LogP contribution in [-0.2, 0) is 9.59 Å². The number of carbonyl (C=O) groups excluding carboxylic acids is 1. The molecule has 0 aromatic carbocycles. The Morgan fingerprint density at radius 1 is 1.50 bits per heavy atom. The molecular formula is C10H15NO3. The third kappa shape index (κ3) is 1.38. The van der Waals surface area contributed by atoms with Gasteiger partial charge in [-0.3, -0.25) is 9.59 Å². The van der Waals surface area contributed by atoms with Crippen LogP contribution in [0, 0.1) is 11.8 Å². The summed E-state index contributed by atoms with van der Waals surface area (Å²) in [4.78, 5) is 24.0. The third-order valence-corrected chi connectivity index (χ3v) is 3.62. The first-order valence-corrected chi connectivity index (χ1v) is 5.08. The Morgan fingerprint density at radius 2 is 2.21 bits per heavy atom. The first-order valence-electron chi connectivity index (χ1n) is 5.08. The van der Waals surface area contributed by atoms with E-state index in [1.54, 1.807) is 4.90 Å². The second-order valence-corrected chi connectivity index (χ2v) is 4.38. The van der Waals surface area contributed by atoms with E-state index in [2.05, 4.69) is 0 Å². The highest BCUT2D eigenvalue weighted by atomic mass is 16.4. The van der Waals surface area contributed by atoms with E-state index in [-0.39, 0.29) is 17.7 Å². The number of rotatable bonds is 1. The second-order valence-electron chi connectivity index (χ2n) is 4.38. The summed E-state index contributed by atoms with van der Waals surface area (Å²) in [5.41, 5.74) is 0. The molecule has 3 atom stereocenters. The van der Waals surface area contributed by atoms with E-state index in [9.17, 15) is 9.59 Å². The summed E-state index contributed by atoms with van der Waals surface area (Å²) in [7, 11) is 1.83. The quantitative estimate of drug-likeness (QED) is 0.673. The maximum atomic E-state index is 11.4. The Balaban J connectivity index is 2.06. The number of hydrogen-bond donors (Lipinski definition) is 1. The predicted molar refractivity (Wildman–Crippen MR) is 49.6 cm³/mol. The van der Waals surface area contributed by atoms with Gasteiger partial charge in [0.1, 0.15) is 0 Å². The van der Waals surface area contributed by atoms with E-state index >= 15 is 0 Å². The molecule has 2 rings (SSSR count). The van der Waals surface area contributed by atoms with E-state index in [1.165, 1.54) is 0 Å². The van der Waals surface area contributed by atoms with Crippen LogP contribution in [-0.4, -0.2) is 35.0 Å². The summed E-state index contributed by atoms with van der Waals surface area (Å²) >= 11 is 0. The smallest absolute Gasteiger partial charge is 0.306 e. The summed E-state index contributed by atoms with van der Waals surface area (Å²) < 4.78 is 0. The van der Waals surface area contributed by atoms with Crippen molar-refractivity contribution in [3.63, 3.8) is 0 Å². The number of fused-ring (bicyclic) bond motifs is 1. The molecule has 1 saturated heterocycles. The van der Waals surface area contributed by atoms with Gasteiger partial charge in [0.2, 0.25) is 5.91 Å². The average molecular weight is 197 g/mol. The molecule has 1 aliphatic heterocycles. The minimum absolute atomic E-state index is 0.172. The number of carboxylic acid groups (broad SMARTS) is 1. The van der Waals surface area contributed by atoms with Crippen molar-refractivity contribution in [2.75, 3.05) is 7.05 Å². The molecule has 1 heterocycles. The molecule has 4 heteroatoms. The van der Waals surface area contributed by atoms with Gasteiger partial charge in [0, 0.05) is 19.5 Å². The van der Waals surface area contributed by atoms with Gasteiger partial charge in [0.25, 0.3) is 0 Å². The molecule has 0 aromatic heterocycles. The van der Waals surface area contributed by atoms with Crippen molar-refractivity contribution in [3.8, 4) is 0 Å². The predicted octanol–water partition coefficient (Wildman–Crippen LogP) is 0.718. The molecular weight excluding hydrogens is 182 g/mol. The molecule has 1 saturated carbocycles. The first-order chi connectivity index (χ1) is 6.59. The van der Waals surface area contributed by atoms with Crippen LogP contribution in [0.2, 0.25) is 0 Å². The monoisotopic (exact) mass is 197 g/mol. The van der Waals surface area contributed by atoms with Crippen molar-refractivity contribution in [3.05, 3.63) is 0 Å². The lowest BCUT2D eigenvalue weighted by atomic mass is 9.78. The first kappa shape index (κ1) is 9.49. The fraction of sp³-hybridized carbons (Fsp3) is 0.800. The molecule has 0 radical (unpaired) electrons. The summed E-state index contributed by atoms with van der Waals surface area (Å²) in [6.07, 6.45) is 2.79. The second kappa shape index (κ2) is 3.26. The number of aliphatic carboxylic acids is 1. The molecule has 1 N–H and O–H groups in total. The Hall–Kier alpha value is -1.06. The van der Waals surface area contributed by atoms with Gasteiger partial charge in [0.15, 0.2) is 0 Å². The lowest BCUT2D eigenvalue weighted by Crippen LogP contribution is -2.37. The van der Waals surface area contributed by atoms with Crippen molar-refractivity contribution >= 4 is 11.9 Å². The van der Waals surface area contributed by atoms with Gasteiger partial charge in [-0.1, -0.05) is 0 Å². The molecule has 0 spiro atoms. The van der Waals surface area contributed by atoms with Gasteiger partial charge >= 0.3 is 5.97 Å². The highest BCUT2D eigenvalue weighted by molar-refractivity contribution is 5.79. The number of hydrogen-bond acceptors (Lipinski definition) is 2. The topological polar surface area (TPSA) is 57.6 Å². The zero-order valence-electron chi connectivity index (χ0n) is 8.27. The summed E-state index contributed by atoms with van der Waals surface area (Å²) in [5, 5.41) is 8.89. The Labute approximate surface area is 82.9 Å². The molecule has 2 aliphatic rings. The highest BCUT2D eigenvalue weighted by Gasteiger charge is 2.42. The van der Waals surface area contributed by atoms with Gasteiger partial charge in [-0.05, 0) is 25.2 Å². The summed E-state index contributed by atoms with van der Waals surface area (Å²) in [6.45, 7) is 0. The Kier molecular flexibility index (Phi) is 2.21. The van der Waals surface area contributed by atoms with Crippen molar-refractivity contribution < 1.29 is 14.7 Å². The number of carboxylic acids is 1. The van der Waals surface area contributed by atoms with Gasteiger partial charge in [-0.2, -0.15) is 0 Å². The normalized spacial score (nSPS) is 37.1. The summed E-state index contributed by atoms with van der Waals surface area (Å²) in [5.74, 6) is -0.477. The molecule has 0 bridgehead atoms. The van der Waals surface area contributed by atoms with Crippen LogP contribution < -0.4 is 0 Å². The minimum Gasteiger partial charge on any atom is -0.481 e. The SMILES string of the molecule is CN1C(=O)CC2CC(C(=O)O)CCC21. The fourth-order valence-electron chi connectivity index (χ4n) is 2.75. The zero-order valence-corrected chi connectivity index (χ0v) is 8.27. The fourth-order valence-corrected chi connectivity index (χ4v) is 2.75. The van der Waals surface area contributed by atoms with E-state index in [4.69, 9.17) is 5.11 Å². The third-order valence-electron chi connectivity index (χ3n) is 3.62. The number of likely N-dealkylation sites (tertiary alicyclic amines) is 1. The molecule has 0 aromatic rings. The molecule has 3 unspecified atom stereocenters. The Morgan fingerprint density at radius 3 is 2.86 bits per heavy atom. The van der Waals surface area contributed by atoms with E-state index in [0.29, 0.717) is 25.3 Å². The van der Waals surface area contributed by atoms with Crippen molar-refractivity contribution in [1.82, 2.24) is 4.90 Å². The Bertz CT molecular complexity index is 277. The number of amides is 1. The summed E-state index contributed by atoms with van der Waals surface area (Å²) in [6, 6.07) is 0.304. The van der Waals surface area contributed by atoms with Gasteiger partial charge < -0.3 is 10.0 Å².